The SMILES string of the molecule is CC(C)N(CCC#N)c1ccc([N+](=O)[O-])cc1C(F)F. The van der Waals surface area contributed by atoms with Crippen molar-refractivity contribution in [2.45, 2.75) is 32.7 Å². The summed E-state index contributed by atoms with van der Waals surface area (Å²) in [5, 5.41) is 19.3. The average Bonchev–Trinajstić information content (AvgIpc) is 2.38. The molecule has 0 unspecified atom stereocenters. The number of anilines is 1. The lowest BCUT2D eigenvalue weighted by atomic mass is 10.1. The van der Waals surface area contributed by atoms with Crippen molar-refractivity contribution in [2.24, 2.45) is 0 Å². The van der Waals surface area contributed by atoms with Crippen LogP contribution in [0.4, 0.5) is 20.2 Å². The Balaban J connectivity index is 3.26. The zero-order valence-electron chi connectivity index (χ0n) is 11.2. The van der Waals surface area contributed by atoms with Gasteiger partial charge in [0.15, 0.2) is 0 Å². The van der Waals surface area contributed by atoms with E-state index in [0.717, 1.165) is 6.07 Å². The molecule has 0 aliphatic rings. The van der Waals surface area contributed by atoms with Crippen LogP contribution in [0, 0.1) is 21.4 Å². The molecule has 20 heavy (non-hydrogen) atoms. The van der Waals surface area contributed by atoms with Crippen LogP contribution in [-0.2, 0) is 0 Å². The Kier molecular flexibility index (Phi) is 5.38. The number of alkyl halides is 2. The van der Waals surface area contributed by atoms with Crippen molar-refractivity contribution < 1.29 is 13.7 Å². The number of non-ortho nitro benzene ring substituents is 1. The lowest BCUT2D eigenvalue weighted by Gasteiger charge is -2.30. The van der Waals surface area contributed by atoms with Gasteiger partial charge in [0, 0.05) is 36.0 Å². The number of benzene rings is 1. The summed E-state index contributed by atoms with van der Waals surface area (Å²) in [6.07, 6.45) is -2.62. The Morgan fingerprint density at radius 1 is 1.45 bits per heavy atom. The van der Waals surface area contributed by atoms with E-state index in [1.165, 1.54) is 12.1 Å². The van der Waals surface area contributed by atoms with Gasteiger partial charge >= 0.3 is 0 Å². The third kappa shape index (κ3) is 3.63. The highest BCUT2D eigenvalue weighted by Crippen LogP contribution is 2.34. The molecule has 0 heterocycles. The smallest absolute Gasteiger partial charge is 0.270 e. The van der Waals surface area contributed by atoms with Gasteiger partial charge in [0.05, 0.1) is 17.4 Å². The van der Waals surface area contributed by atoms with E-state index in [0.29, 0.717) is 6.54 Å². The fourth-order valence-corrected chi connectivity index (χ4v) is 1.92. The first-order chi connectivity index (χ1) is 9.38. The molecule has 0 bridgehead atoms. The third-order valence-corrected chi connectivity index (χ3v) is 2.85. The van der Waals surface area contributed by atoms with Gasteiger partial charge in [-0.1, -0.05) is 0 Å². The van der Waals surface area contributed by atoms with Crippen LogP contribution in [0.15, 0.2) is 18.2 Å². The molecule has 0 radical (unpaired) electrons. The maximum atomic E-state index is 13.1. The summed E-state index contributed by atoms with van der Waals surface area (Å²) in [7, 11) is 0. The van der Waals surface area contributed by atoms with Gasteiger partial charge in [0.1, 0.15) is 0 Å². The second-order valence-corrected chi connectivity index (χ2v) is 4.50. The first-order valence-electron chi connectivity index (χ1n) is 6.08. The Hall–Kier alpha value is -2.23. The van der Waals surface area contributed by atoms with Crippen LogP contribution in [0.5, 0.6) is 0 Å². The first-order valence-corrected chi connectivity index (χ1v) is 6.08. The van der Waals surface area contributed by atoms with Crippen LogP contribution in [0.3, 0.4) is 0 Å². The average molecular weight is 283 g/mol. The summed E-state index contributed by atoms with van der Waals surface area (Å²) >= 11 is 0. The highest BCUT2D eigenvalue weighted by molar-refractivity contribution is 5.59. The molecule has 0 aliphatic carbocycles. The molecule has 1 aromatic rings. The molecule has 0 saturated carbocycles. The summed E-state index contributed by atoms with van der Waals surface area (Å²) < 4.78 is 26.2. The largest absolute Gasteiger partial charge is 0.368 e. The van der Waals surface area contributed by atoms with E-state index in [2.05, 4.69) is 0 Å². The van der Waals surface area contributed by atoms with Crippen molar-refractivity contribution in [3.8, 4) is 6.07 Å². The van der Waals surface area contributed by atoms with Crippen LogP contribution in [-0.4, -0.2) is 17.5 Å². The molecule has 0 N–H and O–H groups in total. The summed E-state index contributed by atoms with van der Waals surface area (Å²) in [5.41, 5.74) is -0.519. The van der Waals surface area contributed by atoms with Crippen LogP contribution >= 0.6 is 0 Å². The predicted octanol–water partition coefficient (Wildman–Crippen LogP) is 3.66. The fraction of sp³-hybridized carbons (Fsp3) is 0.462. The Morgan fingerprint density at radius 2 is 2.10 bits per heavy atom. The molecule has 0 amide bonds. The van der Waals surface area contributed by atoms with Crippen molar-refractivity contribution >= 4 is 11.4 Å². The number of nitro groups is 1. The van der Waals surface area contributed by atoms with Gasteiger partial charge in [-0.05, 0) is 19.9 Å². The molecule has 7 heteroatoms. The van der Waals surface area contributed by atoms with E-state index in [4.69, 9.17) is 5.26 Å². The predicted molar refractivity (Wildman–Crippen MR) is 70.8 cm³/mol. The quantitative estimate of drug-likeness (QED) is 0.590. The molecule has 5 nitrogen and oxygen atoms in total. The van der Waals surface area contributed by atoms with Gasteiger partial charge in [-0.3, -0.25) is 10.1 Å². The van der Waals surface area contributed by atoms with Crippen molar-refractivity contribution in [2.75, 3.05) is 11.4 Å². The second-order valence-electron chi connectivity index (χ2n) is 4.50. The lowest BCUT2D eigenvalue weighted by Crippen LogP contribution is -2.32. The highest BCUT2D eigenvalue weighted by Gasteiger charge is 2.22. The topological polar surface area (TPSA) is 70.2 Å². The van der Waals surface area contributed by atoms with Crippen LogP contribution in [0.25, 0.3) is 0 Å². The van der Waals surface area contributed by atoms with Gasteiger partial charge in [0.2, 0.25) is 0 Å². The van der Waals surface area contributed by atoms with E-state index in [1.54, 1.807) is 4.90 Å². The van der Waals surface area contributed by atoms with Gasteiger partial charge in [-0.2, -0.15) is 5.26 Å². The Morgan fingerprint density at radius 3 is 2.55 bits per heavy atom. The Labute approximate surface area is 115 Å². The summed E-state index contributed by atoms with van der Waals surface area (Å²) in [5.74, 6) is 0. The van der Waals surface area contributed by atoms with Gasteiger partial charge < -0.3 is 4.90 Å². The number of nitro benzene ring substituents is 1. The molecule has 1 aromatic carbocycles. The summed E-state index contributed by atoms with van der Waals surface area (Å²) in [4.78, 5) is 11.6. The minimum Gasteiger partial charge on any atom is -0.368 e. The standard InChI is InChI=1S/C13H15F2N3O2/c1-9(2)17(7-3-6-16)12-5-4-10(18(19)20)8-11(12)13(14)15/h4-5,8-9,13H,3,7H2,1-2H3. The molecule has 0 fully saturated rings. The fourth-order valence-electron chi connectivity index (χ4n) is 1.92. The van der Waals surface area contributed by atoms with E-state index in [-0.39, 0.29) is 29.4 Å². The zero-order chi connectivity index (χ0) is 15.3. The van der Waals surface area contributed by atoms with Crippen LogP contribution in [0.2, 0.25) is 0 Å². The van der Waals surface area contributed by atoms with Crippen molar-refractivity contribution in [1.82, 2.24) is 0 Å². The van der Waals surface area contributed by atoms with Crippen LogP contribution in [0.1, 0.15) is 32.3 Å². The number of nitrogens with zero attached hydrogens (tertiary/aromatic N) is 3. The van der Waals surface area contributed by atoms with Crippen molar-refractivity contribution in [3.63, 3.8) is 0 Å². The lowest BCUT2D eigenvalue weighted by molar-refractivity contribution is -0.385. The molecule has 0 atom stereocenters. The molecule has 0 saturated heterocycles. The van der Waals surface area contributed by atoms with E-state index < -0.39 is 11.3 Å². The maximum absolute atomic E-state index is 13.1. The number of nitriles is 1. The van der Waals surface area contributed by atoms with Gasteiger partial charge in [0.25, 0.3) is 12.1 Å². The normalized spacial score (nSPS) is 10.7. The number of hydrogen-bond acceptors (Lipinski definition) is 4. The number of halogens is 2. The molecular formula is C13H15F2N3O2. The maximum Gasteiger partial charge on any atom is 0.270 e. The van der Waals surface area contributed by atoms with E-state index >= 15 is 0 Å². The van der Waals surface area contributed by atoms with E-state index in [1.807, 2.05) is 19.9 Å². The molecular weight excluding hydrogens is 268 g/mol. The van der Waals surface area contributed by atoms with Crippen molar-refractivity contribution in [3.05, 3.63) is 33.9 Å². The van der Waals surface area contributed by atoms with E-state index in [9.17, 15) is 18.9 Å². The molecule has 0 aliphatic heterocycles. The Bertz CT molecular complexity index is 527. The zero-order valence-corrected chi connectivity index (χ0v) is 11.2. The number of hydrogen-bond donors (Lipinski definition) is 0. The van der Waals surface area contributed by atoms with Crippen molar-refractivity contribution in [1.29, 1.82) is 5.26 Å². The molecule has 0 spiro atoms. The van der Waals surface area contributed by atoms with Crippen LogP contribution < -0.4 is 4.90 Å². The monoisotopic (exact) mass is 283 g/mol. The van der Waals surface area contributed by atoms with Gasteiger partial charge in [-0.15, -0.1) is 0 Å². The third-order valence-electron chi connectivity index (χ3n) is 2.85. The molecule has 0 aromatic heterocycles. The second kappa shape index (κ2) is 6.80. The molecule has 108 valence electrons. The highest BCUT2D eigenvalue weighted by atomic mass is 19.3. The summed E-state index contributed by atoms with van der Waals surface area (Å²) in [6.45, 7) is 3.92. The number of rotatable bonds is 6. The first kappa shape index (κ1) is 15.8. The summed E-state index contributed by atoms with van der Waals surface area (Å²) in [6, 6.07) is 5.27. The molecule has 1 rings (SSSR count). The minimum absolute atomic E-state index is 0.0951. The minimum atomic E-state index is -2.81. The van der Waals surface area contributed by atoms with Gasteiger partial charge in [-0.25, -0.2) is 8.78 Å².